The van der Waals surface area contributed by atoms with Gasteiger partial charge in [0.15, 0.2) is 0 Å². The Morgan fingerprint density at radius 2 is 1.32 bits per heavy atom. The SMILES string of the molecule is CC(C)(C)OC(=O)Nc1sccc1-c1ccccc1.Nc1sccc1-c1ccccc1. The first-order valence-corrected chi connectivity index (χ1v) is 11.6. The van der Waals surface area contributed by atoms with E-state index in [0.717, 1.165) is 26.7 Å². The predicted molar refractivity (Wildman–Crippen MR) is 134 cm³/mol. The van der Waals surface area contributed by atoms with Crippen LogP contribution in [0.15, 0.2) is 83.6 Å². The molecule has 0 fully saturated rings. The first-order chi connectivity index (χ1) is 14.8. The van der Waals surface area contributed by atoms with E-state index in [2.05, 4.69) is 23.5 Å². The summed E-state index contributed by atoms with van der Waals surface area (Å²) in [7, 11) is 0. The van der Waals surface area contributed by atoms with E-state index in [-0.39, 0.29) is 0 Å². The van der Waals surface area contributed by atoms with Crippen LogP contribution in [0.2, 0.25) is 0 Å². The van der Waals surface area contributed by atoms with Gasteiger partial charge in [0, 0.05) is 11.1 Å². The van der Waals surface area contributed by atoms with Crippen molar-refractivity contribution in [1.82, 2.24) is 0 Å². The molecule has 6 heteroatoms. The highest BCUT2D eigenvalue weighted by Gasteiger charge is 2.18. The van der Waals surface area contributed by atoms with Crippen LogP contribution in [0.5, 0.6) is 0 Å². The number of carbonyl (C=O) groups excluding carboxylic acids is 1. The minimum Gasteiger partial charge on any atom is -0.444 e. The van der Waals surface area contributed by atoms with Gasteiger partial charge in [0.2, 0.25) is 0 Å². The summed E-state index contributed by atoms with van der Waals surface area (Å²) in [5.41, 5.74) is 9.72. The average Bonchev–Trinajstić information content (AvgIpc) is 3.37. The van der Waals surface area contributed by atoms with E-state index < -0.39 is 11.7 Å². The number of nitrogens with one attached hydrogen (secondary N) is 1. The molecule has 0 bridgehead atoms. The molecular formula is C25H26N2O2S2. The molecule has 160 valence electrons. The molecule has 31 heavy (non-hydrogen) atoms. The number of benzene rings is 2. The first kappa shape index (κ1) is 22.6. The van der Waals surface area contributed by atoms with Gasteiger partial charge in [0.25, 0.3) is 0 Å². The summed E-state index contributed by atoms with van der Waals surface area (Å²) in [6.07, 6.45) is -0.424. The van der Waals surface area contributed by atoms with Gasteiger partial charge in [0.05, 0.1) is 5.00 Å². The summed E-state index contributed by atoms with van der Waals surface area (Å²) in [4.78, 5) is 11.8. The molecule has 0 spiro atoms. The molecule has 2 aromatic heterocycles. The van der Waals surface area contributed by atoms with Crippen molar-refractivity contribution in [2.75, 3.05) is 11.1 Å². The maximum atomic E-state index is 11.8. The fourth-order valence-electron chi connectivity index (χ4n) is 2.82. The molecule has 4 aromatic rings. The molecule has 2 heterocycles. The second kappa shape index (κ2) is 10.3. The lowest BCUT2D eigenvalue weighted by Crippen LogP contribution is -2.27. The second-order valence-corrected chi connectivity index (χ2v) is 9.58. The van der Waals surface area contributed by atoms with Crippen molar-refractivity contribution in [2.24, 2.45) is 0 Å². The molecule has 4 nitrogen and oxygen atoms in total. The summed E-state index contributed by atoms with van der Waals surface area (Å²) in [5.74, 6) is 0. The van der Waals surface area contributed by atoms with Gasteiger partial charge >= 0.3 is 6.09 Å². The van der Waals surface area contributed by atoms with Crippen LogP contribution < -0.4 is 11.1 Å². The van der Waals surface area contributed by atoms with Crippen LogP contribution >= 0.6 is 22.7 Å². The van der Waals surface area contributed by atoms with E-state index in [1.807, 2.05) is 86.1 Å². The van der Waals surface area contributed by atoms with Gasteiger partial charge in [0.1, 0.15) is 10.6 Å². The normalized spacial score (nSPS) is 10.7. The Kier molecular flexibility index (Phi) is 7.50. The highest BCUT2D eigenvalue weighted by atomic mass is 32.1. The van der Waals surface area contributed by atoms with Crippen LogP contribution in [-0.4, -0.2) is 11.7 Å². The molecular weight excluding hydrogens is 424 g/mol. The predicted octanol–water partition coefficient (Wildman–Crippen LogP) is 7.76. The largest absolute Gasteiger partial charge is 0.444 e. The Hall–Kier alpha value is -3.09. The molecule has 0 radical (unpaired) electrons. The van der Waals surface area contributed by atoms with Crippen molar-refractivity contribution >= 4 is 38.8 Å². The number of anilines is 2. The van der Waals surface area contributed by atoms with Crippen molar-refractivity contribution in [3.8, 4) is 22.3 Å². The fraction of sp³-hybridized carbons (Fsp3) is 0.160. The maximum Gasteiger partial charge on any atom is 0.412 e. The number of amides is 1. The lowest BCUT2D eigenvalue weighted by molar-refractivity contribution is 0.0636. The molecule has 0 aliphatic rings. The zero-order valence-corrected chi connectivity index (χ0v) is 19.4. The fourth-order valence-corrected chi connectivity index (χ4v) is 4.28. The number of ether oxygens (including phenoxy) is 1. The minimum absolute atomic E-state index is 0.424. The zero-order chi connectivity index (χ0) is 22.3. The monoisotopic (exact) mass is 450 g/mol. The molecule has 2 aromatic carbocycles. The molecule has 0 saturated heterocycles. The summed E-state index contributed by atoms with van der Waals surface area (Å²) in [6.45, 7) is 5.54. The van der Waals surface area contributed by atoms with Gasteiger partial charge < -0.3 is 10.5 Å². The van der Waals surface area contributed by atoms with Crippen molar-refractivity contribution in [1.29, 1.82) is 0 Å². The number of thiophene rings is 2. The van der Waals surface area contributed by atoms with E-state index in [0.29, 0.717) is 0 Å². The standard InChI is InChI=1S/C15H17NO2S.C10H9NS/c1-15(2,3)18-14(17)16-13-12(9-10-19-13)11-7-5-4-6-8-11;11-10-9(6-7-12-10)8-4-2-1-3-5-8/h4-10H,1-3H3,(H,16,17);1-7H,11H2. The molecule has 0 aliphatic heterocycles. The van der Waals surface area contributed by atoms with Crippen LogP contribution in [0.25, 0.3) is 22.3 Å². The maximum absolute atomic E-state index is 11.8. The molecule has 0 saturated carbocycles. The first-order valence-electron chi connectivity index (χ1n) is 9.85. The molecule has 3 N–H and O–H groups in total. The van der Waals surface area contributed by atoms with E-state index in [1.165, 1.54) is 16.9 Å². The molecule has 0 unspecified atom stereocenters. The van der Waals surface area contributed by atoms with E-state index in [1.54, 1.807) is 11.3 Å². The Balaban J connectivity index is 0.000000194. The van der Waals surface area contributed by atoms with Crippen LogP contribution in [0.3, 0.4) is 0 Å². The number of carbonyl (C=O) groups is 1. The summed E-state index contributed by atoms with van der Waals surface area (Å²) in [5, 5.41) is 8.46. The van der Waals surface area contributed by atoms with Crippen LogP contribution in [0, 0.1) is 0 Å². The number of hydrogen-bond acceptors (Lipinski definition) is 5. The molecule has 4 rings (SSSR count). The number of rotatable bonds is 3. The van der Waals surface area contributed by atoms with Crippen molar-refractivity contribution < 1.29 is 9.53 Å². The Morgan fingerprint density at radius 3 is 1.84 bits per heavy atom. The van der Waals surface area contributed by atoms with Gasteiger partial charge in [-0.15, -0.1) is 22.7 Å². The number of nitrogens with two attached hydrogens (primary N) is 1. The van der Waals surface area contributed by atoms with Crippen molar-refractivity contribution in [2.45, 2.75) is 26.4 Å². The summed E-state index contributed by atoms with van der Waals surface area (Å²) >= 11 is 3.06. The lowest BCUT2D eigenvalue weighted by Gasteiger charge is -2.19. The number of hydrogen-bond donors (Lipinski definition) is 2. The Bertz CT molecular complexity index is 1100. The van der Waals surface area contributed by atoms with E-state index >= 15 is 0 Å². The Morgan fingerprint density at radius 1 is 0.806 bits per heavy atom. The third kappa shape index (κ3) is 6.70. The minimum atomic E-state index is -0.492. The zero-order valence-electron chi connectivity index (χ0n) is 17.8. The van der Waals surface area contributed by atoms with Gasteiger partial charge in [-0.2, -0.15) is 0 Å². The van der Waals surface area contributed by atoms with Crippen LogP contribution in [0.4, 0.5) is 14.8 Å². The molecule has 0 aliphatic carbocycles. The van der Waals surface area contributed by atoms with Gasteiger partial charge in [-0.3, -0.25) is 5.32 Å². The lowest BCUT2D eigenvalue weighted by atomic mass is 10.1. The molecule has 1 amide bonds. The third-order valence-electron chi connectivity index (χ3n) is 4.14. The highest BCUT2D eigenvalue weighted by Crippen LogP contribution is 2.33. The highest BCUT2D eigenvalue weighted by molar-refractivity contribution is 7.15. The van der Waals surface area contributed by atoms with Crippen molar-refractivity contribution in [3.63, 3.8) is 0 Å². The van der Waals surface area contributed by atoms with Gasteiger partial charge in [-0.05, 0) is 54.8 Å². The second-order valence-electron chi connectivity index (χ2n) is 7.72. The molecule has 0 atom stereocenters. The van der Waals surface area contributed by atoms with E-state index in [9.17, 15) is 4.79 Å². The smallest absolute Gasteiger partial charge is 0.412 e. The number of nitrogen functional groups attached to an aromatic ring is 1. The van der Waals surface area contributed by atoms with Crippen LogP contribution in [0.1, 0.15) is 20.8 Å². The quantitative estimate of drug-likeness (QED) is 0.335. The Labute approximate surface area is 191 Å². The van der Waals surface area contributed by atoms with Gasteiger partial charge in [-0.25, -0.2) is 4.79 Å². The average molecular weight is 451 g/mol. The topological polar surface area (TPSA) is 64.3 Å². The van der Waals surface area contributed by atoms with Crippen LogP contribution in [-0.2, 0) is 4.74 Å². The van der Waals surface area contributed by atoms with Crippen molar-refractivity contribution in [3.05, 3.63) is 83.6 Å². The third-order valence-corrected chi connectivity index (χ3v) is 5.72. The summed E-state index contributed by atoms with van der Waals surface area (Å²) < 4.78 is 5.26. The summed E-state index contributed by atoms with van der Waals surface area (Å²) in [6, 6.07) is 24.2. The van der Waals surface area contributed by atoms with Gasteiger partial charge in [-0.1, -0.05) is 60.7 Å². The van der Waals surface area contributed by atoms with E-state index in [4.69, 9.17) is 10.5 Å².